The molecule has 1 heterocycles. The first-order valence-electron chi connectivity index (χ1n) is 3.61. The molecule has 1 rings (SSSR count). The van der Waals surface area contributed by atoms with Gasteiger partial charge >= 0.3 is 5.97 Å². The number of hydrogen-bond donors (Lipinski definition) is 2. The Hall–Kier alpha value is -0.460. The van der Waals surface area contributed by atoms with Gasteiger partial charge in [0.05, 0.1) is 21.9 Å². The van der Waals surface area contributed by atoms with Crippen LogP contribution in [-0.4, -0.2) is 16.1 Å². The van der Waals surface area contributed by atoms with Crippen LogP contribution in [0.15, 0.2) is 3.79 Å². The van der Waals surface area contributed by atoms with Crippen LogP contribution in [0.2, 0.25) is 0 Å². The highest BCUT2D eigenvalue weighted by Gasteiger charge is 2.15. The number of hydrogen-bond acceptors (Lipinski definition) is 4. The predicted octanol–water partition coefficient (Wildman–Crippen LogP) is 1.69. The van der Waals surface area contributed by atoms with Crippen molar-refractivity contribution >= 4 is 33.2 Å². The maximum atomic E-state index is 10.4. The van der Waals surface area contributed by atoms with Crippen LogP contribution in [0.3, 0.4) is 0 Å². The van der Waals surface area contributed by atoms with Crippen LogP contribution in [0, 0.1) is 6.92 Å². The highest BCUT2D eigenvalue weighted by Crippen LogP contribution is 2.28. The normalized spacial score (nSPS) is 12.8. The Bertz CT molecular complexity index is 307. The fourth-order valence-corrected chi connectivity index (χ4v) is 2.21. The van der Waals surface area contributed by atoms with Gasteiger partial charge in [0, 0.05) is 0 Å². The first-order chi connectivity index (χ1) is 6.00. The van der Waals surface area contributed by atoms with E-state index >= 15 is 0 Å². The largest absolute Gasteiger partial charge is 0.481 e. The standard InChI is InChI=1S/C7H9BrN2O2S/c1-3-6(8)13-7(10-3)4(9)2-5(11)12/h4H,2,9H2,1H3,(H,11,12). The van der Waals surface area contributed by atoms with E-state index in [9.17, 15) is 4.79 Å². The van der Waals surface area contributed by atoms with Gasteiger partial charge in [-0.3, -0.25) is 4.79 Å². The SMILES string of the molecule is Cc1nc(C(N)CC(=O)O)sc1Br. The van der Waals surface area contributed by atoms with Gasteiger partial charge in [-0.1, -0.05) is 0 Å². The Balaban J connectivity index is 2.77. The summed E-state index contributed by atoms with van der Waals surface area (Å²) >= 11 is 4.69. The summed E-state index contributed by atoms with van der Waals surface area (Å²) < 4.78 is 0.906. The van der Waals surface area contributed by atoms with Crippen LogP contribution in [0.5, 0.6) is 0 Å². The van der Waals surface area contributed by atoms with Crippen molar-refractivity contribution in [1.82, 2.24) is 4.98 Å². The number of nitrogens with two attached hydrogens (primary N) is 1. The van der Waals surface area contributed by atoms with Crippen molar-refractivity contribution in [2.24, 2.45) is 5.73 Å². The zero-order valence-corrected chi connectivity index (χ0v) is 9.35. The van der Waals surface area contributed by atoms with Crippen molar-refractivity contribution in [1.29, 1.82) is 0 Å². The number of aryl methyl sites for hydroxylation is 1. The van der Waals surface area contributed by atoms with Crippen LogP contribution in [0.25, 0.3) is 0 Å². The Morgan fingerprint density at radius 1 is 1.85 bits per heavy atom. The molecule has 0 fully saturated rings. The molecule has 0 radical (unpaired) electrons. The summed E-state index contributed by atoms with van der Waals surface area (Å²) in [6.07, 6.45) is -0.0839. The van der Waals surface area contributed by atoms with Crippen LogP contribution in [0.4, 0.5) is 0 Å². The van der Waals surface area contributed by atoms with Crippen molar-refractivity contribution < 1.29 is 9.90 Å². The number of aromatic nitrogens is 1. The molecule has 0 aromatic carbocycles. The number of rotatable bonds is 3. The predicted molar refractivity (Wildman–Crippen MR) is 53.7 cm³/mol. The van der Waals surface area contributed by atoms with Gasteiger partial charge in [-0.15, -0.1) is 11.3 Å². The highest BCUT2D eigenvalue weighted by atomic mass is 79.9. The van der Waals surface area contributed by atoms with Gasteiger partial charge in [0.15, 0.2) is 0 Å². The van der Waals surface area contributed by atoms with Gasteiger partial charge in [-0.25, -0.2) is 4.98 Å². The molecule has 72 valence electrons. The molecular formula is C7H9BrN2O2S. The van der Waals surface area contributed by atoms with Gasteiger partial charge < -0.3 is 10.8 Å². The zero-order chi connectivity index (χ0) is 10.0. The lowest BCUT2D eigenvalue weighted by Crippen LogP contribution is -2.14. The third-order valence-electron chi connectivity index (χ3n) is 1.47. The lowest BCUT2D eigenvalue weighted by Gasteiger charge is -2.02. The van der Waals surface area contributed by atoms with Gasteiger partial charge in [0.2, 0.25) is 0 Å². The fraction of sp³-hybridized carbons (Fsp3) is 0.429. The van der Waals surface area contributed by atoms with Crippen LogP contribution in [0.1, 0.15) is 23.2 Å². The van der Waals surface area contributed by atoms with E-state index in [1.807, 2.05) is 6.92 Å². The molecule has 4 nitrogen and oxygen atoms in total. The highest BCUT2D eigenvalue weighted by molar-refractivity contribution is 9.11. The molecule has 6 heteroatoms. The van der Waals surface area contributed by atoms with Crippen molar-refractivity contribution in [3.05, 3.63) is 14.5 Å². The summed E-state index contributed by atoms with van der Waals surface area (Å²) in [6.45, 7) is 1.84. The lowest BCUT2D eigenvalue weighted by molar-refractivity contribution is -0.137. The van der Waals surface area contributed by atoms with E-state index < -0.39 is 12.0 Å². The van der Waals surface area contributed by atoms with E-state index in [4.69, 9.17) is 10.8 Å². The molecule has 0 saturated heterocycles. The quantitative estimate of drug-likeness (QED) is 0.871. The van der Waals surface area contributed by atoms with E-state index in [0.717, 1.165) is 9.48 Å². The molecule has 1 unspecified atom stereocenters. The second-order valence-corrected chi connectivity index (χ2v) is 4.96. The number of carboxylic acids is 1. The summed E-state index contributed by atoms with van der Waals surface area (Å²) in [5.41, 5.74) is 6.47. The molecule has 1 aromatic heterocycles. The van der Waals surface area contributed by atoms with E-state index in [-0.39, 0.29) is 6.42 Å². The van der Waals surface area contributed by atoms with Crippen molar-refractivity contribution in [3.8, 4) is 0 Å². The molecule has 0 aliphatic carbocycles. The summed E-state index contributed by atoms with van der Waals surface area (Å²) in [7, 11) is 0. The van der Waals surface area contributed by atoms with Gasteiger partial charge in [-0.05, 0) is 22.9 Å². The van der Waals surface area contributed by atoms with E-state index in [1.165, 1.54) is 11.3 Å². The average Bonchev–Trinajstić information content (AvgIpc) is 2.31. The van der Waals surface area contributed by atoms with Gasteiger partial charge in [-0.2, -0.15) is 0 Å². The molecule has 0 spiro atoms. The molecule has 0 bridgehead atoms. The first kappa shape index (κ1) is 10.6. The van der Waals surface area contributed by atoms with E-state index in [1.54, 1.807) is 0 Å². The van der Waals surface area contributed by atoms with E-state index in [0.29, 0.717) is 5.01 Å². The van der Waals surface area contributed by atoms with Crippen molar-refractivity contribution in [2.45, 2.75) is 19.4 Å². The topological polar surface area (TPSA) is 76.2 Å². The number of aliphatic carboxylic acids is 1. The van der Waals surface area contributed by atoms with Crippen molar-refractivity contribution in [3.63, 3.8) is 0 Å². The Morgan fingerprint density at radius 2 is 2.46 bits per heavy atom. The zero-order valence-electron chi connectivity index (χ0n) is 6.95. The molecule has 13 heavy (non-hydrogen) atoms. The Morgan fingerprint density at radius 3 is 2.85 bits per heavy atom. The maximum Gasteiger partial charge on any atom is 0.305 e. The fourth-order valence-electron chi connectivity index (χ4n) is 0.832. The number of nitrogens with zero attached hydrogens (tertiary/aromatic N) is 1. The maximum absolute atomic E-state index is 10.4. The molecule has 1 aromatic rings. The number of carbonyl (C=O) groups is 1. The number of thiazole rings is 1. The third kappa shape index (κ3) is 2.75. The average molecular weight is 265 g/mol. The minimum Gasteiger partial charge on any atom is -0.481 e. The summed E-state index contributed by atoms with van der Waals surface area (Å²) in [5.74, 6) is -0.906. The van der Waals surface area contributed by atoms with Gasteiger partial charge in [0.1, 0.15) is 5.01 Å². The first-order valence-corrected chi connectivity index (χ1v) is 5.22. The number of halogens is 1. The number of carboxylic acid groups (broad SMARTS) is 1. The third-order valence-corrected chi connectivity index (χ3v) is 3.61. The van der Waals surface area contributed by atoms with Crippen LogP contribution < -0.4 is 5.73 Å². The summed E-state index contributed by atoms with van der Waals surface area (Å²) in [4.78, 5) is 14.5. The molecular weight excluding hydrogens is 256 g/mol. The minimum absolute atomic E-state index is 0.0839. The molecule has 1 atom stereocenters. The molecule has 0 saturated carbocycles. The summed E-state index contributed by atoms with van der Waals surface area (Å²) in [6, 6.07) is -0.507. The Kier molecular flexibility index (Phi) is 3.40. The minimum atomic E-state index is -0.906. The van der Waals surface area contributed by atoms with Gasteiger partial charge in [0.25, 0.3) is 0 Å². The monoisotopic (exact) mass is 264 g/mol. The van der Waals surface area contributed by atoms with E-state index in [2.05, 4.69) is 20.9 Å². The van der Waals surface area contributed by atoms with Crippen LogP contribution >= 0.6 is 27.3 Å². The van der Waals surface area contributed by atoms with Crippen LogP contribution in [-0.2, 0) is 4.79 Å². The lowest BCUT2D eigenvalue weighted by atomic mass is 10.2. The molecule has 0 aliphatic rings. The smallest absolute Gasteiger partial charge is 0.305 e. The molecule has 0 amide bonds. The summed E-state index contributed by atoms with van der Waals surface area (Å²) in [5, 5.41) is 9.17. The second-order valence-electron chi connectivity index (χ2n) is 2.62. The molecule has 3 N–H and O–H groups in total. The second kappa shape index (κ2) is 4.17. The Labute approximate surface area is 87.9 Å². The van der Waals surface area contributed by atoms with Crippen molar-refractivity contribution in [2.75, 3.05) is 0 Å². The molecule has 0 aliphatic heterocycles.